The minimum absolute atomic E-state index is 1.04. The number of hydrogen-bond acceptors (Lipinski definition) is 2. The van der Waals surface area contributed by atoms with Gasteiger partial charge in [0.05, 0.1) is 4.90 Å². The van der Waals surface area contributed by atoms with Crippen LogP contribution in [0.3, 0.4) is 0 Å². The molecular weight excluding hydrogens is 204 g/mol. The van der Waals surface area contributed by atoms with Crippen molar-refractivity contribution in [3.8, 4) is 5.75 Å². The molecule has 1 aliphatic carbocycles. The third-order valence-corrected chi connectivity index (χ3v) is 4.11. The van der Waals surface area contributed by atoms with Gasteiger partial charge in [0.15, 0.2) is 5.09 Å². The molecule has 0 bridgehead atoms. The van der Waals surface area contributed by atoms with E-state index in [4.69, 9.17) is 4.74 Å². The lowest BCUT2D eigenvalue weighted by Crippen LogP contribution is -1.98. The molecule has 0 radical (unpaired) electrons. The van der Waals surface area contributed by atoms with E-state index in [9.17, 15) is 0 Å². The molecule has 78 valence electrons. The zero-order chi connectivity index (χ0) is 10.1. The molecule has 0 unspecified atom stereocenters. The first kappa shape index (κ1) is 9.34. The molecule has 0 saturated heterocycles. The van der Waals surface area contributed by atoms with E-state index in [0.717, 1.165) is 10.8 Å². The van der Waals surface area contributed by atoms with E-state index in [1.807, 2.05) is 6.07 Å². The van der Waals surface area contributed by atoms with E-state index in [2.05, 4.69) is 18.2 Å². The van der Waals surface area contributed by atoms with Gasteiger partial charge in [-0.05, 0) is 55.2 Å². The van der Waals surface area contributed by atoms with Crippen LogP contribution in [-0.2, 0) is 0 Å². The van der Waals surface area contributed by atoms with Crippen LogP contribution in [-0.4, -0.2) is 0 Å². The Kier molecular flexibility index (Phi) is 2.45. The number of thioether (sulfide) groups is 1. The Labute approximate surface area is 94.5 Å². The molecule has 3 rings (SSSR count). The van der Waals surface area contributed by atoms with Gasteiger partial charge in [-0.15, -0.1) is 0 Å². The summed E-state index contributed by atoms with van der Waals surface area (Å²) in [7, 11) is 0. The number of rotatable bonds is 0. The summed E-state index contributed by atoms with van der Waals surface area (Å²) in [4.78, 5) is 1.27. The molecule has 0 atom stereocenters. The molecule has 2 aliphatic rings. The van der Waals surface area contributed by atoms with Gasteiger partial charge in [-0.1, -0.05) is 18.6 Å². The van der Waals surface area contributed by atoms with Crippen LogP contribution in [0.2, 0.25) is 0 Å². The van der Waals surface area contributed by atoms with Crippen molar-refractivity contribution >= 4 is 11.8 Å². The maximum atomic E-state index is 5.89. The first-order chi connectivity index (χ1) is 7.43. The first-order valence-corrected chi connectivity index (χ1v) is 6.42. The van der Waals surface area contributed by atoms with Crippen LogP contribution in [0.5, 0.6) is 5.75 Å². The normalized spacial score (nSPS) is 20.0. The maximum absolute atomic E-state index is 5.89. The van der Waals surface area contributed by atoms with Gasteiger partial charge in [0.1, 0.15) is 5.75 Å². The van der Waals surface area contributed by atoms with Crippen molar-refractivity contribution in [3.05, 3.63) is 34.9 Å². The number of para-hydroxylation sites is 1. The van der Waals surface area contributed by atoms with Crippen molar-refractivity contribution in [2.24, 2.45) is 0 Å². The van der Waals surface area contributed by atoms with Gasteiger partial charge < -0.3 is 4.74 Å². The highest BCUT2D eigenvalue weighted by molar-refractivity contribution is 8.03. The highest BCUT2D eigenvalue weighted by atomic mass is 32.2. The smallest absolute Gasteiger partial charge is 0.164 e. The van der Waals surface area contributed by atoms with Crippen LogP contribution >= 0.6 is 11.8 Å². The highest BCUT2D eigenvalue weighted by Crippen LogP contribution is 2.46. The monoisotopic (exact) mass is 218 g/mol. The number of hydrogen-bond donors (Lipinski definition) is 0. The summed E-state index contributed by atoms with van der Waals surface area (Å²) in [6.07, 6.45) is 6.51. The number of ether oxygens (including phenoxy) is 1. The summed E-state index contributed by atoms with van der Waals surface area (Å²) in [5, 5.41) is 1.16. The molecule has 1 saturated carbocycles. The summed E-state index contributed by atoms with van der Waals surface area (Å²) in [6, 6.07) is 8.30. The van der Waals surface area contributed by atoms with Gasteiger partial charge in [0, 0.05) is 0 Å². The van der Waals surface area contributed by atoms with Crippen LogP contribution in [0.25, 0.3) is 0 Å². The Morgan fingerprint density at radius 1 is 1.00 bits per heavy atom. The van der Waals surface area contributed by atoms with Gasteiger partial charge in [-0.3, -0.25) is 0 Å². The summed E-state index contributed by atoms with van der Waals surface area (Å²) in [6.45, 7) is 0. The summed E-state index contributed by atoms with van der Waals surface area (Å²) < 4.78 is 5.89. The summed E-state index contributed by atoms with van der Waals surface area (Å²) >= 11 is 1.80. The van der Waals surface area contributed by atoms with E-state index in [1.54, 1.807) is 11.8 Å². The lowest BCUT2D eigenvalue weighted by molar-refractivity contribution is 0.446. The zero-order valence-electron chi connectivity index (χ0n) is 8.66. The van der Waals surface area contributed by atoms with Crippen LogP contribution in [0.4, 0.5) is 0 Å². The van der Waals surface area contributed by atoms with Crippen LogP contribution < -0.4 is 4.74 Å². The lowest BCUT2D eigenvalue weighted by Gasteiger charge is -2.14. The zero-order valence-corrected chi connectivity index (χ0v) is 9.48. The quantitative estimate of drug-likeness (QED) is 0.640. The van der Waals surface area contributed by atoms with E-state index >= 15 is 0 Å². The molecule has 0 spiro atoms. The van der Waals surface area contributed by atoms with Gasteiger partial charge in [-0.25, -0.2) is 0 Å². The Morgan fingerprint density at radius 2 is 1.80 bits per heavy atom. The maximum Gasteiger partial charge on any atom is 0.164 e. The fraction of sp³-hybridized carbons (Fsp3) is 0.385. The second kappa shape index (κ2) is 3.93. The van der Waals surface area contributed by atoms with E-state index in [-0.39, 0.29) is 0 Å². The standard InChI is InChI=1S/C13H14OS/c1-2-6-10(7-3-1)13-14-11-8-4-5-9-12(11)15-13/h4-5,8-9H,1-3,6-7H2. The summed E-state index contributed by atoms with van der Waals surface area (Å²) in [5.74, 6) is 1.04. The van der Waals surface area contributed by atoms with Crippen molar-refractivity contribution in [3.63, 3.8) is 0 Å². The molecule has 1 nitrogen and oxygen atoms in total. The average Bonchev–Trinajstić information content (AvgIpc) is 2.74. The van der Waals surface area contributed by atoms with Crippen LogP contribution in [0, 0.1) is 0 Å². The Morgan fingerprint density at radius 3 is 2.60 bits per heavy atom. The largest absolute Gasteiger partial charge is 0.449 e. The highest BCUT2D eigenvalue weighted by Gasteiger charge is 2.22. The minimum atomic E-state index is 1.04. The molecule has 0 aromatic heterocycles. The van der Waals surface area contributed by atoms with Gasteiger partial charge in [0.25, 0.3) is 0 Å². The Hall–Kier alpha value is -0.890. The molecule has 15 heavy (non-hydrogen) atoms. The predicted octanol–water partition coefficient (Wildman–Crippen LogP) is 4.35. The van der Waals surface area contributed by atoms with E-state index in [1.165, 1.54) is 42.6 Å². The summed E-state index contributed by atoms with van der Waals surface area (Å²) in [5.41, 5.74) is 1.53. The van der Waals surface area contributed by atoms with Gasteiger partial charge in [0.2, 0.25) is 0 Å². The molecular formula is C13H14OS. The van der Waals surface area contributed by atoms with Crippen molar-refractivity contribution in [1.82, 2.24) is 0 Å². The lowest BCUT2D eigenvalue weighted by atomic mass is 9.96. The molecule has 1 fully saturated rings. The Bertz CT molecular complexity index is 374. The Balaban J connectivity index is 1.88. The van der Waals surface area contributed by atoms with Crippen LogP contribution in [0.1, 0.15) is 32.1 Å². The second-order valence-electron chi connectivity index (χ2n) is 4.10. The van der Waals surface area contributed by atoms with Crippen molar-refractivity contribution in [2.75, 3.05) is 0 Å². The molecule has 0 amide bonds. The van der Waals surface area contributed by atoms with Crippen LogP contribution in [0.15, 0.2) is 39.8 Å². The molecule has 1 aliphatic heterocycles. The second-order valence-corrected chi connectivity index (χ2v) is 5.12. The van der Waals surface area contributed by atoms with E-state index in [0.29, 0.717) is 0 Å². The van der Waals surface area contributed by atoms with Crippen molar-refractivity contribution in [2.45, 2.75) is 37.0 Å². The number of benzene rings is 1. The predicted molar refractivity (Wildman–Crippen MR) is 63.0 cm³/mol. The van der Waals surface area contributed by atoms with E-state index < -0.39 is 0 Å². The van der Waals surface area contributed by atoms with Gasteiger partial charge in [-0.2, -0.15) is 0 Å². The molecule has 0 N–H and O–H groups in total. The third-order valence-electron chi connectivity index (χ3n) is 3.00. The van der Waals surface area contributed by atoms with Crippen molar-refractivity contribution in [1.29, 1.82) is 0 Å². The molecule has 1 aromatic carbocycles. The molecule has 1 heterocycles. The average molecular weight is 218 g/mol. The fourth-order valence-electron chi connectivity index (χ4n) is 2.17. The van der Waals surface area contributed by atoms with Gasteiger partial charge >= 0.3 is 0 Å². The fourth-order valence-corrected chi connectivity index (χ4v) is 3.20. The first-order valence-electron chi connectivity index (χ1n) is 5.60. The SMILES string of the molecule is c1ccc2c(c1)OC(=C1CCCCC1)S2. The molecule has 1 aromatic rings. The number of fused-ring (bicyclic) bond motifs is 1. The number of allylic oxidation sites excluding steroid dienone is 1. The van der Waals surface area contributed by atoms with Crippen molar-refractivity contribution < 1.29 is 4.74 Å². The minimum Gasteiger partial charge on any atom is -0.449 e. The topological polar surface area (TPSA) is 9.23 Å². The third kappa shape index (κ3) is 1.78. The molecule has 2 heteroatoms.